The third-order valence-electron chi connectivity index (χ3n) is 17.9. The van der Waals surface area contributed by atoms with Crippen LogP contribution in [0.1, 0.15) is 24.0 Å². The van der Waals surface area contributed by atoms with E-state index < -0.39 is 0 Å². The number of anilines is 5. The van der Waals surface area contributed by atoms with Gasteiger partial charge >= 0.3 is 0 Å². The summed E-state index contributed by atoms with van der Waals surface area (Å²) >= 11 is 0. The molecule has 0 bridgehead atoms. The van der Waals surface area contributed by atoms with Crippen LogP contribution in [-0.4, -0.2) is 42.7 Å². The Bertz CT molecular complexity index is 4850. The molecule has 0 N–H and O–H groups in total. The minimum Gasteiger partial charge on any atom is -0.310 e. The Kier molecular flexibility index (Phi) is 12.5. The van der Waals surface area contributed by atoms with Gasteiger partial charge < -0.3 is 14.4 Å². The first-order chi connectivity index (χ1) is 42.4. The Morgan fingerprint density at radius 2 is 0.826 bits per heavy atom. The van der Waals surface area contributed by atoms with E-state index in [2.05, 4.69) is 287 Å². The molecule has 0 saturated heterocycles. The second kappa shape index (κ2) is 20.9. The van der Waals surface area contributed by atoms with E-state index in [4.69, 9.17) is 31.4 Å². The van der Waals surface area contributed by atoms with Crippen LogP contribution in [0, 0.1) is 0 Å². The number of benzene rings is 12. The molecule has 16 rings (SSSR count). The number of hydrogen-bond donors (Lipinski definition) is 0. The Labute approximate surface area is 508 Å². The van der Waals surface area contributed by atoms with Crippen molar-refractivity contribution in [3.63, 3.8) is 0 Å². The molecular formula is C78H50B5N3. The SMILES string of the molecule is [B]c1c([B])c([B])c2c(c1[B])c1ccccc1n2-c1cc2c3c(c1)N(c1c(-c4ccccc4)cccc1-c1ccccc1)c1ccc(-c4ccccc4)cc1B3c1cc(-c3ccccc3)ccc1N2C1=C(c2ccccc2)CCC=C1c1ccccc1. The van der Waals surface area contributed by atoms with Gasteiger partial charge in [0.1, 0.15) is 31.4 Å². The monoisotopic (exact) mass is 1080 g/mol. The van der Waals surface area contributed by atoms with Crippen molar-refractivity contribution in [2.45, 2.75) is 12.8 Å². The number of rotatable bonds is 9. The van der Waals surface area contributed by atoms with E-state index in [1.165, 1.54) is 33.1 Å². The third kappa shape index (κ3) is 8.18. The zero-order chi connectivity index (χ0) is 57.6. The fraction of sp³-hybridized carbons (Fsp3) is 0.0256. The molecule has 0 saturated carbocycles. The molecule has 12 aromatic carbocycles. The molecule has 0 atom stereocenters. The summed E-state index contributed by atoms with van der Waals surface area (Å²) in [7, 11) is 28.3. The summed E-state index contributed by atoms with van der Waals surface area (Å²) in [5.74, 6) is 0. The van der Waals surface area contributed by atoms with Gasteiger partial charge in [0.25, 0.3) is 6.71 Å². The highest BCUT2D eigenvalue weighted by molar-refractivity contribution is 7.00. The van der Waals surface area contributed by atoms with E-state index in [1.54, 1.807) is 0 Å². The van der Waals surface area contributed by atoms with Crippen LogP contribution in [0.5, 0.6) is 0 Å². The Morgan fingerprint density at radius 3 is 1.38 bits per heavy atom. The van der Waals surface area contributed by atoms with Gasteiger partial charge in [0.05, 0.1) is 22.6 Å². The van der Waals surface area contributed by atoms with Crippen molar-refractivity contribution in [3.05, 3.63) is 296 Å². The molecule has 13 aromatic rings. The van der Waals surface area contributed by atoms with E-state index >= 15 is 0 Å². The van der Waals surface area contributed by atoms with Crippen molar-refractivity contribution < 1.29 is 0 Å². The van der Waals surface area contributed by atoms with E-state index in [9.17, 15) is 0 Å². The minimum atomic E-state index is -0.272. The second-order valence-corrected chi connectivity index (χ2v) is 22.7. The zero-order valence-corrected chi connectivity index (χ0v) is 47.2. The maximum absolute atomic E-state index is 7.36. The summed E-state index contributed by atoms with van der Waals surface area (Å²) in [4.78, 5) is 5.20. The molecule has 86 heavy (non-hydrogen) atoms. The normalized spacial score (nSPS) is 13.4. The first kappa shape index (κ1) is 51.5. The van der Waals surface area contributed by atoms with E-state index in [0.717, 1.165) is 119 Å². The predicted molar refractivity (Wildman–Crippen MR) is 369 cm³/mol. The average Bonchev–Trinajstić information content (AvgIpc) is 0.880. The van der Waals surface area contributed by atoms with Gasteiger partial charge in [-0.1, -0.05) is 260 Å². The van der Waals surface area contributed by atoms with Gasteiger partial charge in [-0.2, -0.15) is 0 Å². The fourth-order valence-electron chi connectivity index (χ4n) is 14.1. The van der Waals surface area contributed by atoms with Crippen molar-refractivity contribution in [3.8, 4) is 50.2 Å². The molecule has 1 aliphatic carbocycles. The number of nitrogens with zero attached hydrogens (tertiary/aromatic N) is 3. The van der Waals surface area contributed by atoms with Gasteiger partial charge in [-0.15, -0.1) is 10.9 Å². The molecule has 0 unspecified atom stereocenters. The van der Waals surface area contributed by atoms with Crippen LogP contribution in [0.25, 0.3) is 83.1 Å². The standard InChI is InChI=1S/C78H50B5N3/c79-71-70-62-35-19-20-40-65(62)84(78(70)74(82)73(81)72(71)80)57-47-68-75-69(48-57)86(77-60(53-31-15-5-16-32-53)38-22-39-61(77)54-33-17-6-18-34-54)67-44-42-56(50-25-9-2-10-26-50)46-64(67)83(75)63-45-55(49-23-7-1-8-24-49)41-43-66(63)85(68)76-58(51-27-11-3-12-28-51)36-21-37-59(76)52-29-13-4-14-30-52/h1-21,23-38,40-48H,22,39H2. The lowest BCUT2D eigenvalue weighted by Gasteiger charge is -2.47. The number of allylic oxidation sites excluding steroid dienone is 3. The smallest absolute Gasteiger partial charge is 0.252 e. The van der Waals surface area contributed by atoms with Crippen LogP contribution in [0.4, 0.5) is 28.4 Å². The van der Waals surface area contributed by atoms with Gasteiger partial charge in [-0.05, 0) is 115 Å². The maximum atomic E-state index is 7.36. The van der Waals surface area contributed by atoms with Crippen LogP contribution in [-0.2, 0) is 0 Å². The molecule has 0 fully saturated rings. The summed E-state index contributed by atoms with van der Waals surface area (Å²) in [6.45, 7) is -0.272. The number of fused-ring (bicyclic) bond motifs is 7. The molecule has 8 heteroatoms. The number of aromatic nitrogens is 1. The molecule has 0 amide bonds. The van der Waals surface area contributed by atoms with Crippen molar-refractivity contribution in [1.82, 2.24) is 4.57 Å². The van der Waals surface area contributed by atoms with E-state index in [0.29, 0.717) is 16.4 Å². The van der Waals surface area contributed by atoms with Crippen molar-refractivity contribution in [2.24, 2.45) is 0 Å². The van der Waals surface area contributed by atoms with E-state index in [-0.39, 0.29) is 17.6 Å². The molecule has 3 nitrogen and oxygen atoms in total. The number of para-hydroxylation sites is 2. The summed E-state index contributed by atoms with van der Waals surface area (Å²) in [6.07, 6.45) is 4.16. The Morgan fingerprint density at radius 1 is 0.360 bits per heavy atom. The second-order valence-electron chi connectivity index (χ2n) is 22.7. The molecule has 0 spiro atoms. The van der Waals surface area contributed by atoms with Gasteiger partial charge in [0.15, 0.2) is 0 Å². The van der Waals surface area contributed by atoms with Gasteiger partial charge in [-0.3, -0.25) is 0 Å². The van der Waals surface area contributed by atoms with Gasteiger partial charge in [0.2, 0.25) is 0 Å². The highest BCUT2D eigenvalue weighted by Gasteiger charge is 2.46. The first-order valence-electron chi connectivity index (χ1n) is 29.5. The van der Waals surface area contributed by atoms with E-state index in [1.807, 2.05) is 6.07 Å². The lowest BCUT2D eigenvalue weighted by molar-refractivity contribution is 1.02. The summed E-state index contributed by atoms with van der Waals surface area (Å²) in [6, 6.07) is 99.5. The van der Waals surface area contributed by atoms with Crippen LogP contribution < -0.4 is 48.0 Å². The maximum Gasteiger partial charge on any atom is 0.252 e. The van der Waals surface area contributed by atoms with Crippen molar-refractivity contribution >= 4 is 138 Å². The molecule has 2 aliphatic heterocycles. The third-order valence-corrected chi connectivity index (χ3v) is 17.9. The van der Waals surface area contributed by atoms with Crippen molar-refractivity contribution in [2.75, 3.05) is 9.80 Å². The molecule has 1 aromatic heterocycles. The van der Waals surface area contributed by atoms with Crippen LogP contribution >= 0.6 is 0 Å². The lowest BCUT2D eigenvalue weighted by atomic mass is 9.33. The lowest BCUT2D eigenvalue weighted by Crippen LogP contribution is -2.62. The minimum absolute atomic E-state index is 0.259. The summed E-state index contributed by atoms with van der Waals surface area (Å²) in [5, 5.41) is 1.68. The summed E-state index contributed by atoms with van der Waals surface area (Å²) < 4.78 is 2.28. The topological polar surface area (TPSA) is 11.4 Å². The number of hydrogen-bond acceptors (Lipinski definition) is 2. The highest BCUT2D eigenvalue weighted by Crippen LogP contribution is 2.53. The van der Waals surface area contributed by atoms with Crippen LogP contribution in [0.2, 0.25) is 0 Å². The molecule has 3 aliphatic rings. The van der Waals surface area contributed by atoms with Crippen molar-refractivity contribution in [1.29, 1.82) is 0 Å². The van der Waals surface area contributed by atoms with Crippen LogP contribution in [0.15, 0.2) is 285 Å². The molecule has 8 radical (unpaired) electrons. The van der Waals surface area contributed by atoms with Gasteiger partial charge in [0, 0.05) is 50.4 Å². The average molecular weight is 1080 g/mol. The van der Waals surface area contributed by atoms with Gasteiger partial charge in [-0.25, -0.2) is 0 Å². The molecule has 3 heterocycles. The zero-order valence-electron chi connectivity index (χ0n) is 47.2. The quantitative estimate of drug-likeness (QED) is 0.133. The molecular weight excluding hydrogens is 1030 g/mol. The molecule has 392 valence electrons. The Hall–Kier alpha value is -10.2. The first-order valence-corrected chi connectivity index (χ1v) is 29.5. The highest BCUT2D eigenvalue weighted by atomic mass is 15.2. The largest absolute Gasteiger partial charge is 0.310 e. The predicted octanol–water partition coefficient (Wildman–Crippen LogP) is 13.7. The Balaban J connectivity index is 1.12. The summed E-state index contributed by atoms with van der Waals surface area (Å²) in [5.41, 5.74) is 27.5. The fourth-order valence-corrected chi connectivity index (χ4v) is 14.1. The van der Waals surface area contributed by atoms with Crippen LogP contribution in [0.3, 0.4) is 0 Å².